The number of urea groups is 1. The molecule has 1 heterocycles. The summed E-state index contributed by atoms with van der Waals surface area (Å²) in [5.74, 6) is -0.735. The maximum Gasteiger partial charge on any atom is 0.332 e. The van der Waals surface area contributed by atoms with Crippen LogP contribution < -0.4 is 4.90 Å². The summed E-state index contributed by atoms with van der Waals surface area (Å²) in [6.45, 7) is 1.73. The Morgan fingerprint density at radius 1 is 1.17 bits per heavy atom. The maximum absolute atomic E-state index is 13.1. The highest BCUT2D eigenvalue weighted by atomic mass is 19.1. The molecule has 0 N–H and O–H groups in total. The Bertz CT molecular complexity index is 842. The molecule has 2 aromatic rings. The van der Waals surface area contributed by atoms with Gasteiger partial charge in [0.25, 0.3) is 5.91 Å². The van der Waals surface area contributed by atoms with E-state index in [-0.39, 0.29) is 12.5 Å². The van der Waals surface area contributed by atoms with Crippen LogP contribution in [0.15, 0.2) is 48.5 Å². The van der Waals surface area contributed by atoms with Crippen molar-refractivity contribution in [1.29, 1.82) is 5.26 Å². The van der Waals surface area contributed by atoms with Crippen LogP contribution in [0, 0.1) is 17.1 Å². The van der Waals surface area contributed by atoms with E-state index >= 15 is 0 Å². The van der Waals surface area contributed by atoms with E-state index in [1.165, 1.54) is 29.2 Å². The molecule has 1 atom stereocenters. The second-order valence-corrected chi connectivity index (χ2v) is 5.54. The Balaban J connectivity index is 1.87. The Morgan fingerprint density at radius 3 is 2.54 bits per heavy atom. The van der Waals surface area contributed by atoms with Crippen molar-refractivity contribution in [2.75, 3.05) is 4.90 Å². The first-order chi connectivity index (χ1) is 11.5. The topological polar surface area (TPSA) is 64.4 Å². The van der Waals surface area contributed by atoms with Gasteiger partial charge in [-0.1, -0.05) is 12.1 Å². The van der Waals surface area contributed by atoms with E-state index in [0.717, 1.165) is 4.90 Å². The lowest BCUT2D eigenvalue weighted by molar-refractivity contribution is -0.127. The van der Waals surface area contributed by atoms with Gasteiger partial charge in [0.15, 0.2) is 0 Å². The molecular weight excluding hydrogens is 309 g/mol. The highest BCUT2D eigenvalue weighted by Crippen LogP contribution is 2.27. The van der Waals surface area contributed by atoms with Gasteiger partial charge in [-0.3, -0.25) is 14.6 Å². The van der Waals surface area contributed by atoms with Gasteiger partial charge < -0.3 is 0 Å². The van der Waals surface area contributed by atoms with Crippen molar-refractivity contribution >= 4 is 17.6 Å². The molecule has 1 fully saturated rings. The van der Waals surface area contributed by atoms with E-state index in [9.17, 15) is 14.0 Å². The number of halogens is 1. The Kier molecular flexibility index (Phi) is 4.00. The minimum absolute atomic E-state index is 0.0925. The molecule has 1 aliphatic heterocycles. The predicted molar refractivity (Wildman–Crippen MR) is 85.4 cm³/mol. The van der Waals surface area contributed by atoms with Crippen LogP contribution in [-0.2, 0) is 11.3 Å². The third-order valence-corrected chi connectivity index (χ3v) is 3.95. The van der Waals surface area contributed by atoms with Gasteiger partial charge in [-0.2, -0.15) is 5.26 Å². The molecule has 5 nitrogen and oxygen atoms in total. The van der Waals surface area contributed by atoms with E-state index in [1.807, 2.05) is 6.07 Å². The lowest BCUT2D eigenvalue weighted by atomic mass is 10.1. The van der Waals surface area contributed by atoms with Crippen LogP contribution in [0.25, 0.3) is 0 Å². The summed E-state index contributed by atoms with van der Waals surface area (Å²) in [6.07, 6.45) is 0. The fourth-order valence-corrected chi connectivity index (χ4v) is 2.73. The molecular formula is C18H14FN3O2. The maximum atomic E-state index is 13.1. The zero-order chi connectivity index (χ0) is 17.3. The fraction of sp³-hybridized carbons (Fsp3) is 0.167. The molecule has 0 unspecified atom stereocenters. The molecule has 0 aromatic heterocycles. The quantitative estimate of drug-likeness (QED) is 0.816. The summed E-state index contributed by atoms with van der Waals surface area (Å²) in [5.41, 5.74) is 1.63. The Hall–Kier alpha value is -3.20. The number of carbonyl (C=O) groups excluding carboxylic acids is 2. The summed E-state index contributed by atoms with van der Waals surface area (Å²) in [5, 5.41) is 8.95. The van der Waals surface area contributed by atoms with E-state index < -0.39 is 17.9 Å². The summed E-state index contributed by atoms with van der Waals surface area (Å²) in [6, 6.07) is 13.1. The van der Waals surface area contributed by atoms with Crippen LogP contribution in [0.5, 0.6) is 0 Å². The smallest absolute Gasteiger partial charge is 0.282 e. The van der Waals surface area contributed by atoms with Crippen LogP contribution in [0.3, 0.4) is 0 Å². The number of imide groups is 1. The highest BCUT2D eigenvalue weighted by molar-refractivity contribution is 6.13. The average Bonchev–Trinajstić information content (AvgIpc) is 2.80. The number of rotatable bonds is 3. The van der Waals surface area contributed by atoms with Gasteiger partial charge in [-0.15, -0.1) is 0 Å². The van der Waals surface area contributed by atoms with Crippen LogP contribution in [0.4, 0.5) is 14.9 Å². The minimum atomic E-state index is -0.665. The zero-order valence-electron chi connectivity index (χ0n) is 12.9. The Morgan fingerprint density at radius 2 is 1.88 bits per heavy atom. The lowest BCUT2D eigenvalue weighted by Gasteiger charge is -2.19. The number of carbonyl (C=O) groups is 2. The molecule has 3 amide bonds. The van der Waals surface area contributed by atoms with Gasteiger partial charge in [-0.05, 0) is 48.9 Å². The normalized spacial score (nSPS) is 17.3. The third kappa shape index (κ3) is 2.72. The second-order valence-electron chi connectivity index (χ2n) is 5.54. The summed E-state index contributed by atoms with van der Waals surface area (Å²) >= 11 is 0. The van der Waals surface area contributed by atoms with E-state index in [2.05, 4.69) is 0 Å². The van der Waals surface area contributed by atoms with Crippen LogP contribution in [-0.4, -0.2) is 22.9 Å². The average molecular weight is 323 g/mol. The Labute approximate surface area is 138 Å². The lowest BCUT2D eigenvalue weighted by Crippen LogP contribution is -2.33. The molecule has 0 aliphatic carbocycles. The van der Waals surface area contributed by atoms with Crippen LogP contribution >= 0.6 is 0 Å². The van der Waals surface area contributed by atoms with Crippen molar-refractivity contribution in [2.24, 2.45) is 0 Å². The zero-order valence-corrected chi connectivity index (χ0v) is 12.9. The van der Waals surface area contributed by atoms with Crippen molar-refractivity contribution in [3.8, 4) is 6.07 Å². The number of nitrogens with zero attached hydrogens (tertiary/aromatic N) is 3. The molecule has 0 saturated carbocycles. The number of benzene rings is 2. The summed E-state index contributed by atoms with van der Waals surface area (Å²) < 4.78 is 13.1. The van der Waals surface area contributed by atoms with Gasteiger partial charge in [0.2, 0.25) is 0 Å². The predicted octanol–water partition coefficient (Wildman–Crippen LogP) is 3.05. The first-order valence-electron chi connectivity index (χ1n) is 7.40. The molecule has 2 aromatic carbocycles. The molecule has 1 saturated heterocycles. The van der Waals surface area contributed by atoms with Gasteiger partial charge >= 0.3 is 6.03 Å². The first kappa shape index (κ1) is 15.7. The minimum Gasteiger partial charge on any atom is -0.282 e. The van der Waals surface area contributed by atoms with E-state index in [1.54, 1.807) is 31.2 Å². The molecule has 1 aliphatic rings. The SMILES string of the molecule is C[C@@H]1C(=O)N(Cc2cccc(C#N)c2)C(=O)N1c1ccc(F)cc1. The number of nitriles is 1. The summed E-state index contributed by atoms with van der Waals surface area (Å²) in [4.78, 5) is 27.6. The monoisotopic (exact) mass is 323 g/mol. The molecule has 3 rings (SSSR count). The van der Waals surface area contributed by atoms with E-state index in [4.69, 9.17) is 5.26 Å². The van der Waals surface area contributed by atoms with Crippen LogP contribution in [0.1, 0.15) is 18.1 Å². The third-order valence-electron chi connectivity index (χ3n) is 3.95. The molecule has 6 heteroatoms. The molecule has 0 spiro atoms. The second kappa shape index (κ2) is 6.13. The van der Waals surface area contributed by atoms with Gasteiger partial charge in [-0.25, -0.2) is 9.18 Å². The van der Waals surface area contributed by atoms with Crippen molar-refractivity contribution in [3.05, 3.63) is 65.5 Å². The van der Waals surface area contributed by atoms with Crippen molar-refractivity contribution in [1.82, 2.24) is 4.90 Å². The fourth-order valence-electron chi connectivity index (χ4n) is 2.73. The van der Waals surface area contributed by atoms with Gasteiger partial charge in [0, 0.05) is 5.69 Å². The first-order valence-corrected chi connectivity index (χ1v) is 7.40. The number of amides is 3. The molecule has 120 valence electrons. The largest absolute Gasteiger partial charge is 0.332 e. The number of hydrogen-bond donors (Lipinski definition) is 0. The molecule has 0 bridgehead atoms. The van der Waals surface area contributed by atoms with E-state index in [0.29, 0.717) is 16.8 Å². The number of anilines is 1. The van der Waals surface area contributed by atoms with Crippen molar-refractivity contribution < 1.29 is 14.0 Å². The van der Waals surface area contributed by atoms with Gasteiger partial charge in [0.05, 0.1) is 18.2 Å². The standard InChI is InChI=1S/C18H14FN3O2/c1-12-17(23)21(11-14-4-2-3-13(9-14)10-20)18(24)22(12)16-7-5-15(19)6-8-16/h2-9,12H,11H2,1H3/t12-/m1/s1. The van der Waals surface area contributed by atoms with Crippen LogP contribution in [0.2, 0.25) is 0 Å². The molecule has 0 radical (unpaired) electrons. The molecule has 24 heavy (non-hydrogen) atoms. The highest BCUT2D eigenvalue weighted by Gasteiger charge is 2.43. The van der Waals surface area contributed by atoms with Crippen molar-refractivity contribution in [2.45, 2.75) is 19.5 Å². The summed E-state index contributed by atoms with van der Waals surface area (Å²) in [7, 11) is 0. The number of hydrogen-bond acceptors (Lipinski definition) is 3. The van der Waals surface area contributed by atoms with Crippen molar-refractivity contribution in [3.63, 3.8) is 0 Å². The van der Waals surface area contributed by atoms with Gasteiger partial charge in [0.1, 0.15) is 11.9 Å².